The summed E-state index contributed by atoms with van der Waals surface area (Å²) >= 11 is 2.30. The van der Waals surface area contributed by atoms with E-state index in [0.29, 0.717) is 30.5 Å². The van der Waals surface area contributed by atoms with Crippen LogP contribution in [0.15, 0.2) is 57.8 Å². The van der Waals surface area contributed by atoms with Crippen molar-refractivity contribution in [1.29, 1.82) is 0 Å². The van der Waals surface area contributed by atoms with E-state index in [0.717, 1.165) is 16.2 Å². The number of amides is 3. The van der Waals surface area contributed by atoms with Gasteiger partial charge in [0, 0.05) is 36.8 Å². The van der Waals surface area contributed by atoms with Crippen molar-refractivity contribution in [2.45, 2.75) is 30.0 Å². The maximum atomic E-state index is 13.3. The zero-order valence-corrected chi connectivity index (χ0v) is 22.2. The number of nitrogens with two attached hydrogens (primary N) is 1. The maximum Gasteiger partial charge on any atom is 0.352 e. The lowest BCUT2D eigenvalue weighted by molar-refractivity contribution is -0.150. The molecule has 0 bridgehead atoms. The van der Waals surface area contributed by atoms with Gasteiger partial charge in [0.2, 0.25) is 0 Å². The van der Waals surface area contributed by atoms with E-state index >= 15 is 0 Å². The van der Waals surface area contributed by atoms with Crippen LogP contribution in [0.3, 0.4) is 0 Å². The Bertz CT molecular complexity index is 1410. The first-order valence-corrected chi connectivity index (χ1v) is 13.7. The van der Waals surface area contributed by atoms with E-state index in [9.17, 15) is 29.5 Å². The largest absolute Gasteiger partial charge is 0.477 e. The third kappa shape index (κ3) is 4.51. The molecule has 13 nitrogen and oxygen atoms in total. The molecule has 5 rings (SSSR count). The summed E-state index contributed by atoms with van der Waals surface area (Å²) in [6.45, 7) is 0.401. The number of β-lactam (4-membered cyclic amide) rings is 1. The molecular formula is C24H24N6O7S2. The molecule has 2 saturated heterocycles. The minimum absolute atomic E-state index is 0.0442. The number of aliphatic carboxylic acids is 1. The Balaban J connectivity index is 1.35. The van der Waals surface area contributed by atoms with Crippen molar-refractivity contribution in [2.75, 3.05) is 25.1 Å². The smallest absolute Gasteiger partial charge is 0.352 e. The topological polar surface area (TPSA) is 188 Å². The first kappa shape index (κ1) is 26.6. The number of thiazole rings is 1. The van der Waals surface area contributed by atoms with E-state index in [1.165, 1.54) is 24.3 Å². The number of fused-ring (bicyclic) bond motifs is 1. The van der Waals surface area contributed by atoms with E-state index in [2.05, 4.69) is 15.5 Å². The van der Waals surface area contributed by atoms with Gasteiger partial charge in [-0.15, -0.1) is 23.1 Å². The van der Waals surface area contributed by atoms with E-state index in [-0.39, 0.29) is 28.2 Å². The SMILES string of the molecule is COC1(N2CCC(=CC3=C(C(=O)O)N4C(=O)C(NC(=O)C(=NO)c5csc(N)n5)C4SC3)C2=O)C=CC=CC1. The van der Waals surface area contributed by atoms with Crippen LogP contribution in [0.5, 0.6) is 0 Å². The summed E-state index contributed by atoms with van der Waals surface area (Å²) in [7, 11) is 1.54. The summed E-state index contributed by atoms with van der Waals surface area (Å²) in [5.74, 6) is -2.89. The average molecular weight is 573 g/mol. The van der Waals surface area contributed by atoms with Gasteiger partial charge in [-0.05, 0) is 24.1 Å². The highest BCUT2D eigenvalue weighted by atomic mass is 32.2. The monoisotopic (exact) mass is 572 g/mol. The van der Waals surface area contributed by atoms with Gasteiger partial charge in [-0.1, -0.05) is 23.4 Å². The Hall–Kier alpha value is -3.95. The van der Waals surface area contributed by atoms with Gasteiger partial charge in [0.1, 0.15) is 22.8 Å². The van der Waals surface area contributed by atoms with Gasteiger partial charge in [0.15, 0.2) is 16.6 Å². The Kier molecular flexibility index (Phi) is 7.05. The number of methoxy groups -OCH3 is 1. The standard InChI is InChI=1S/C24H24N6O7S2/c1-37-24(6-3-2-4-7-24)29-8-5-12(19(29)32)9-13-10-38-21-16(20(33)30(21)17(13)22(34)35)27-18(31)15(28-36)14-11-39-23(25)26-14/h2-4,6,9,11,16,21,36H,5,7-8,10H2,1H3,(H2,25,26)(H,27,31)(H,34,35). The zero-order chi connectivity index (χ0) is 27.9. The number of oxime groups is 1. The van der Waals surface area contributed by atoms with Crippen LogP contribution in [0, 0.1) is 0 Å². The molecule has 4 heterocycles. The number of carboxylic acids is 1. The molecular weight excluding hydrogens is 548 g/mol. The van der Waals surface area contributed by atoms with Crippen LogP contribution < -0.4 is 11.1 Å². The second-order valence-corrected chi connectivity index (χ2v) is 11.0. The summed E-state index contributed by atoms with van der Waals surface area (Å²) in [6, 6.07) is -1.05. The van der Waals surface area contributed by atoms with Crippen molar-refractivity contribution in [3.05, 3.63) is 58.3 Å². The summed E-state index contributed by atoms with van der Waals surface area (Å²) < 4.78 is 5.69. The van der Waals surface area contributed by atoms with Crippen LogP contribution in [-0.4, -0.2) is 91.0 Å². The molecule has 0 spiro atoms. The number of aromatic nitrogens is 1. The molecule has 5 N–H and O–H groups in total. The van der Waals surface area contributed by atoms with Crippen molar-refractivity contribution in [3.8, 4) is 0 Å². The number of allylic oxidation sites excluding steroid dienone is 3. The molecule has 15 heteroatoms. The molecule has 39 heavy (non-hydrogen) atoms. The molecule has 0 aromatic carbocycles. The summed E-state index contributed by atoms with van der Waals surface area (Å²) in [5, 5.41) is 25.7. The quantitative estimate of drug-likeness (QED) is 0.119. The van der Waals surface area contributed by atoms with Crippen molar-refractivity contribution < 1.29 is 34.2 Å². The third-order valence-corrected chi connectivity index (χ3v) is 8.84. The molecule has 1 aromatic heterocycles. The number of carbonyl (C=O) groups is 4. The van der Waals surface area contributed by atoms with Crippen LogP contribution in [0.1, 0.15) is 18.5 Å². The number of nitrogen functional groups attached to an aromatic ring is 1. The molecule has 3 amide bonds. The molecule has 2 fully saturated rings. The van der Waals surface area contributed by atoms with Gasteiger partial charge >= 0.3 is 5.97 Å². The number of hydrogen-bond acceptors (Lipinski definition) is 11. The lowest BCUT2D eigenvalue weighted by atomic mass is 10.0. The number of ether oxygens (including phenoxy) is 1. The Labute approximate surface area is 230 Å². The summed E-state index contributed by atoms with van der Waals surface area (Å²) in [6.07, 6.45) is 9.85. The number of thioether (sulfide) groups is 1. The van der Waals surface area contributed by atoms with Gasteiger partial charge in [-0.25, -0.2) is 9.78 Å². The van der Waals surface area contributed by atoms with Crippen LogP contribution in [0.4, 0.5) is 5.13 Å². The molecule has 204 valence electrons. The fourth-order valence-electron chi connectivity index (χ4n) is 4.94. The van der Waals surface area contributed by atoms with Gasteiger partial charge in [0.05, 0.1) is 0 Å². The first-order valence-electron chi connectivity index (χ1n) is 11.8. The maximum absolute atomic E-state index is 13.3. The predicted molar refractivity (Wildman–Crippen MR) is 142 cm³/mol. The van der Waals surface area contributed by atoms with Crippen molar-refractivity contribution in [2.24, 2.45) is 5.16 Å². The van der Waals surface area contributed by atoms with Crippen LogP contribution in [-0.2, 0) is 23.9 Å². The number of rotatable bonds is 7. The minimum Gasteiger partial charge on any atom is -0.477 e. The lowest BCUT2D eigenvalue weighted by Crippen LogP contribution is -2.71. The first-order chi connectivity index (χ1) is 18.7. The van der Waals surface area contributed by atoms with Crippen LogP contribution >= 0.6 is 23.1 Å². The molecule has 3 unspecified atom stereocenters. The van der Waals surface area contributed by atoms with Gasteiger partial charge in [-0.3, -0.25) is 19.3 Å². The number of carboxylic acid groups (broad SMARTS) is 1. The second-order valence-electron chi connectivity index (χ2n) is 8.98. The predicted octanol–water partition coefficient (Wildman–Crippen LogP) is 0.660. The number of carbonyl (C=O) groups excluding carboxylic acids is 3. The summed E-state index contributed by atoms with van der Waals surface area (Å²) in [5.41, 5.74) is 4.81. The number of anilines is 1. The fourth-order valence-corrected chi connectivity index (χ4v) is 6.80. The van der Waals surface area contributed by atoms with Crippen LogP contribution in [0.2, 0.25) is 0 Å². The molecule has 1 aromatic rings. The van der Waals surface area contributed by atoms with Gasteiger partial charge < -0.3 is 31.0 Å². The number of likely N-dealkylation sites (tertiary alicyclic amines) is 1. The minimum atomic E-state index is -1.32. The van der Waals surface area contributed by atoms with Crippen molar-refractivity contribution >= 4 is 57.6 Å². The highest BCUT2D eigenvalue weighted by Gasteiger charge is 2.54. The van der Waals surface area contributed by atoms with Crippen molar-refractivity contribution in [1.82, 2.24) is 20.1 Å². The molecule has 0 radical (unpaired) electrons. The fraction of sp³-hybridized carbons (Fsp3) is 0.333. The lowest BCUT2D eigenvalue weighted by Gasteiger charge is -2.49. The Morgan fingerprint density at radius 2 is 2.15 bits per heavy atom. The molecule has 3 aliphatic heterocycles. The molecule has 3 atom stereocenters. The average Bonchev–Trinajstić information content (AvgIpc) is 3.53. The van der Waals surface area contributed by atoms with Crippen molar-refractivity contribution in [3.63, 3.8) is 0 Å². The Morgan fingerprint density at radius 3 is 2.77 bits per heavy atom. The van der Waals surface area contributed by atoms with Gasteiger partial charge in [0.25, 0.3) is 17.7 Å². The zero-order valence-electron chi connectivity index (χ0n) is 20.6. The number of nitrogens with one attached hydrogen (secondary N) is 1. The van der Waals surface area contributed by atoms with Crippen LogP contribution in [0.25, 0.3) is 0 Å². The highest BCUT2D eigenvalue weighted by molar-refractivity contribution is 8.00. The highest BCUT2D eigenvalue weighted by Crippen LogP contribution is 2.42. The Morgan fingerprint density at radius 1 is 1.36 bits per heavy atom. The molecule has 4 aliphatic rings. The third-order valence-electron chi connectivity index (χ3n) is 6.86. The second kappa shape index (κ2) is 10.3. The number of nitrogens with zero attached hydrogens (tertiary/aromatic N) is 4. The summed E-state index contributed by atoms with van der Waals surface area (Å²) in [4.78, 5) is 57.9. The van der Waals surface area contributed by atoms with E-state index in [1.807, 2.05) is 24.3 Å². The van der Waals surface area contributed by atoms with E-state index in [4.69, 9.17) is 10.5 Å². The van der Waals surface area contributed by atoms with Gasteiger partial charge in [-0.2, -0.15) is 0 Å². The molecule has 1 aliphatic carbocycles. The van der Waals surface area contributed by atoms with E-state index < -0.39 is 40.6 Å². The molecule has 0 saturated carbocycles. The number of hydrogen-bond donors (Lipinski definition) is 4. The normalized spacial score (nSPS) is 27.7. The van der Waals surface area contributed by atoms with E-state index in [1.54, 1.807) is 11.0 Å².